The van der Waals surface area contributed by atoms with Gasteiger partial charge in [-0.15, -0.1) is 0 Å². The fraction of sp³-hybridized carbons (Fsp3) is 0.200. The molecule has 0 fully saturated rings. The topological polar surface area (TPSA) is 47.3 Å². The maximum atomic E-state index is 13.2. The predicted octanol–water partition coefficient (Wildman–Crippen LogP) is 2.72. The minimum absolute atomic E-state index is 0.299. The van der Waals surface area contributed by atoms with Crippen molar-refractivity contribution < 1.29 is 13.5 Å². The Labute approximate surface area is 116 Å². The minimum Gasteiger partial charge on any atom is -0.496 e. The van der Waals surface area contributed by atoms with Gasteiger partial charge in [0.2, 0.25) is 0 Å². The van der Waals surface area contributed by atoms with Crippen molar-refractivity contribution in [3.05, 3.63) is 65.2 Å². The molecule has 2 aromatic carbocycles. The summed E-state index contributed by atoms with van der Waals surface area (Å²) in [6.45, 7) is 0. The van der Waals surface area contributed by atoms with Crippen LogP contribution in [-0.2, 0) is 6.42 Å². The molecule has 3 nitrogen and oxygen atoms in total. The van der Waals surface area contributed by atoms with Gasteiger partial charge < -0.3 is 4.74 Å². The molecule has 0 spiro atoms. The average molecular weight is 278 g/mol. The van der Waals surface area contributed by atoms with Gasteiger partial charge in [0.05, 0.1) is 13.2 Å². The van der Waals surface area contributed by atoms with Gasteiger partial charge in [0.15, 0.2) is 0 Å². The van der Waals surface area contributed by atoms with Gasteiger partial charge >= 0.3 is 0 Å². The van der Waals surface area contributed by atoms with Gasteiger partial charge in [-0.25, -0.2) is 8.78 Å². The molecule has 0 bridgehead atoms. The van der Waals surface area contributed by atoms with E-state index >= 15 is 0 Å². The summed E-state index contributed by atoms with van der Waals surface area (Å²) in [6.07, 6.45) is 0.353. The Morgan fingerprint density at radius 3 is 2.40 bits per heavy atom. The maximum Gasteiger partial charge on any atom is 0.126 e. The quantitative estimate of drug-likeness (QED) is 0.653. The molecule has 0 aliphatic rings. The maximum absolute atomic E-state index is 13.2. The van der Waals surface area contributed by atoms with Crippen LogP contribution in [0.1, 0.15) is 17.2 Å². The van der Waals surface area contributed by atoms with Crippen molar-refractivity contribution in [2.24, 2.45) is 5.84 Å². The number of halogens is 2. The fourth-order valence-electron chi connectivity index (χ4n) is 2.18. The van der Waals surface area contributed by atoms with Crippen molar-refractivity contribution in [2.45, 2.75) is 12.5 Å². The average Bonchev–Trinajstić information content (AvgIpc) is 2.43. The lowest BCUT2D eigenvalue weighted by atomic mass is 9.98. The number of hydrogen-bond acceptors (Lipinski definition) is 3. The summed E-state index contributed by atoms with van der Waals surface area (Å²) in [7, 11) is 1.56. The zero-order valence-electron chi connectivity index (χ0n) is 11.1. The van der Waals surface area contributed by atoms with Gasteiger partial charge in [-0.05, 0) is 30.2 Å². The molecular weight excluding hydrogens is 262 g/mol. The molecule has 0 aliphatic carbocycles. The minimum atomic E-state index is -0.601. The van der Waals surface area contributed by atoms with Gasteiger partial charge in [-0.2, -0.15) is 0 Å². The van der Waals surface area contributed by atoms with E-state index < -0.39 is 11.6 Å². The summed E-state index contributed by atoms with van der Waals surface area (Å²) in [6, 6.07) is 10.5. The molecule has 0 radical (unpaired) electrons. The summed E-state index contributed by atoms with van der Waals surface area (Å²) in [5, 5.41) is 0. The molecule has 20 heavy (non-hydrogen) atoms. The first-order valence-electron chi connectivity index (χ1n) is 6.18. The highest BCUT2D eigenvalue weighted by Gasteiger charge is 2.15. The van der Waals surface area contributed by atoms with Crippen LogP contribution in [0.4, 0.5) is 8.78 Å². The van der Waals surface area contributed by atoms with Gasteiger partial charge in [0.25, 0.3) is 0 Å². The predicted molar refractivity (Wildman–Crippen MR) is 73.1 cm³/mol. The van der Waals surface area contributed by atoms with Crippen molar-refractivity contribution in [1.82, 2.24) is 5.43 Å². The van der Waals surface area contributed by atoms with E-state index in [0.29, 0.717) is 17.7 Å². The molecule has 0 aromatic heterocycles. The van der Waals surface area contributed by atoms with E-state index in [-0.39, 0.29) is 6.04 Å². The second kappa shape index (κ2) is 6.45. The van der Waals surface area contributed by atoms with E-state index in [1.54, 1.807) is 7.11 Å². The molecule has 0 saturated heterocycles. The van der Waals surface area contributed by atoms with E-state index in [9.17, 15) is 8.78 Å². The van der Waals surface area contributed by atoms with Crippen LogP contribution in [-0.4, -0.2) is 7.11 Å². The van der Waals surface area contributed by atoms with Crippen LogP contribution in [0.2, 0.25) is 0 Å². The monoisotopic (exact) mass is 278 g/mol. The Kier molecular flexibility index (Phi) is 4.65. The fourth-order valence-corrected chi connectivity index (χ4v) is 2.18. The van der Waals surface area contributed by atoms with Crippen LogP contribution < -0.4 is 16.0 Å². The van der Waals surface area contributed by atoms with Crippen LogP contribution in [0, 0.1) is 11.6 Å². The Balaban J connectivity index is 2.28. The third-order valence-corrected chi connectivity index (χ3v) is 3.08. The summed E-state index contributed by atoms with van der Waals surface area (Å²) in [5.74, 6) is 5.03. The van der Waals surface area contributed by atoms with Crippen LogP contribution in [0.15, 0.2) is 42.5 Å². The van der Waals surface area contributed by atoms with Crippen LogP contribution >= 0.6 is 0 Å². The van der Waals surface area contributed by atoms with E-state index in [2.05, 4.69) is 5.43 Å². The third kappa shape index (κ3) is 3.31. The Morgan fingerprint density at radius 2 is 1.80 bits per heavy atom. The van der Waals surface area contributed by atoms with E-state index in [1.807, 2.05) is 24.3 Å². The van der Waals surface area contributed by atoms with Gasteiger partial charge in [-0.3, -0.25) is 11.3 Å². The second-order valence-electron chi connectivity index (χ2n) is 4.44. The van der Waals surface area contributed by atoms with Gasteiger partial charge in [-0.1, -0.05) is 18.2 Å². The van der Waals surface area contributed by atoms with Crippen LogP contribution in [0.5, 0.6) is 5.75 Å². The number of nitrogens with one attached hydrogen (secondary N) is 1. The Hall–Kier alpha value is -1.98. The number of rotatable bonds is 5. The standard InChI is InChI=1S/C15H16F2N2O/c1-20-15-5-3-2-4-13(15)14(19-18)8-10-6-11(16)9-12(17)7-10/h2-7,9,14,19H,8,18H2,1H3. The summed E-state index contributed by atoms with van der Waals surface area (Å²) in [4.78, 5) is 0. The normalized spacial score (nSPS) is 12.2. The first-order chi connectivity index (χ1) is 9.63. The zero-order valence-corrected chi connectivity index (χ0v) is 11.1. The molecule has 1 atom stereocenters. The van der Waals surface area contributed by atoms with Crippen LogP contribution in [0.25, 0.3) is 0 Å². The first kappa shape index (κ1) is 14.4. The molecule has 0 amide bonds. The first-order valence-corrected chi connectivity index (χ1v) is 6.18. The summed E-state index contributed by atoms with van der Waals surface area (Å²) < 4.78 is 31.7. The summed E-state index contributed by atoms with van der Waals surface area (Å²) in [5.41, 5.74) is 4.02. The Morgan fingerprint density at radius 1 is 1.15 bits per heavy atom. The molecule has 0 aliphatic heterocycles. The smallest absolute Gasteiger partial charge is 0.126 e. The third-order valence-electron chi connectivity index (χ3n) is 3.08. The second-order valence-corrected chi connectivity index (χ2v) is 4.44. The lowest BCUT2D eigenvalue weighted by molar-refractivity contribution is 0.399. The molecule has 5 heteroatoms. The largest absolute Gasteiger partial charge is 0.496 e. The zero-order chi connectivity index (χ0) is 14.5. The number of hydrazine groups is 1. The van der Waals surface area contributed by atoms with E-state index in [1.165, 1.54) is 12.1 Å². The number of ether oxygens (including phenoxy) is 1. The van der Waals surface area contributed by atoms with Gasteiger partial charge in [0, 0.05) is 11.6 Å². The molecule has 2 aromatic rings. The molecule has 3 N–H and O–H groups in total. The molecule has 106 valence electrons. The van der Waals surface area contributed by atoms with Crippen molar-refractivity contribution in [3.63, 3.8) is 0 Å². The number of benzene rings is 2. The molecular formula is C15H16F2N2O. The summed E-state index contributed by atoms with van der Waals surface area (Å²) >= 11 is 0. The molecule has 2 rings (SSSR count). The molecule has 0 heterocycles. The van der Waals surface area contributed by atoms with Crippen molar-refractivity contribution in [2.75, 3.05) is 7.11 Å². The number of nitrogens with two attached hydrogens (primary N) is 1. The van der Waals surface area contributed by atoms with Crippen molar-refractivity contribution >= 4 is 0 Å². The molecule has 0 saturated carbocycles. The lowest BCUT2D eigenvalue weighted by Crippen LogP contribution is -2.30. The lowest BCUT2D eigenvalue weighted by Gasteiger charge is -2.19. The SMILES string of the molecule is COc1ccccc1C(Cc1cc(F)cc(F)c1)NN. The van der Waals surface area contributed by atoms with Gasteiger partial charge in [0.1, 0.15) is 17.4 Å². The number of para-hydroxylation sites is 1. The number of methoxy groups -OCH3 is 1. The van der Waals surface area contributed by atoms with Crippen molar-refractivity contribution in [3.8, 4) is 5.75 Å². The molecule has 1 unspecified atom stereocenters. The highest BCUT2D eigenvalue weighted by molar-refractivity contribution is 5.37. The highest BCUT2D eigenvalue weighted by atomic mass is 19.1. The van der Waals surface area contributed by atoms with E-state index in [0.717, 1.165) is 11.6 Å². The number of hydrogen-bond donors (Lipinski definition) is 2. The van der Waals surface area contributed by atoms with Crippen molar-refractivity contribution in [1.29, 1.82) is 0 Å². The van der Waals surface area contributed by atoms with E-state index in [4.69, 9.17) is 10.6 Å². The Bertz CT molecular complexity index is 570. The van der Waals surface area contributed by atoms with Crippen LogP contribution in [0.3, 0.4) is 0 Å². The highest BCUT2D eigenvalue weighted by Crippen LogP contribution is 2.27.